The Bertz CT molecular complexity index is 907. The van der Waals surface area contributed by atoms with Crippen molar-refractivity contribution in [2.24, 2.45) is 0 Å². The van der Waals surface area contributed by atoms with E-state index in [4.69, 9.17) is 32.7 Å². The van der Waals surface area contributed by atoms with Crippen LogP contribution >= 0.6 is 23.2 Å². The lowest BCUT2D eigenvalue weighted by Gasteiger charge is -2.33. The van der Waals surface area contributed by atoms with Gasteiger partial charge in [0.05, 0.1) is 15.7 Å². The van der Waals surface area contributed by atoms with Crippen LogP contribution in [-0.4, -0.2) is 54.4 Å². The molecule has 1 amide bonds. The van der Waals surface area contributed by atoms with E-state index in [1.165, 1.54) is 25.1 Å². The molecule has 2 aromatic rings. The maximum atomic E-state index is 13.5. The maximum absolute atomic E-state index is 13.5. The van der Waals surface area contributed by atoms with Crippen molar-refractivity contribution in [3.63, 3.8) is 0 Å². The summed E-state index contributed by atoms with van der Waals surface area (Å²) in [5.74, 6) is 0.0972. The fourth-order valence-electron chi connectivity index (χ4n) is 3.40. The first-order valence-electron chi connectivity index (χ1n) is 10.0. The Labute approximate surface area is 190 Å². The number of hydrogen-bond donors (Lipinski definition) is 2. The van der Waals surface area contributed by atoms with Gasteiger partial charge < -0.3 is 24.8 Å². The summed E-state index contributed by atoms with van der Waals surface area (Å²) in [4.78, 5) is 13.4. The molecule has 2 aromatic carbocycles. The lowest BCUT2D eigenvalue weighted by atomic mass is 10.1. The molecule has 0 aliphatic carbocycles. The number of ether oxygens (including phenoxy) is 2. The van der Waals surface area contributed by atoms with E-state index in [-0.39, 0.29) is 24.4 Å². The van der Waals surface area contributed by atoms with Crippen molar-refractivity contribution >= 4 is 34.8 Å². The molecule has 6 nitrogen and oxygen atoms in total. The highest BCUT2D eigenvalue weighted by atomic mass is 35.5. The monoisotopic (exact) mass is 470 g/mol. The Balaban J connectivity index is 1.44. The second-order valence-electron chi connectivity index (χ2n) is 7.48. The fourth-order valence-corrected chi connectivity index (χ4v) is 3.69. The van der Waals surface area contributed by atoms with Crippen LogP contribution in [0.4, 0.5) is 10.1 Å². The average Bonchev–Trinajstić information content (AvgIpc) is 2.72. The molecule has 31 heavy (non-hydrogen) atoms. The van der Waals surface area contributed by atoms with Crippen LogP contribution in [-0.2, 0) is 4.79 Å². The highest BCUT2D eigenvalue weighted by Gasteiger charge is 2.23. The Morgan fingerprint density at radius 3 is 2.65 bits per heavy atom. The molecule has 0 radical (unpaired) electrons. The first kappa shape index (κ1) is 23.6. The minimum absolute atomic E-state index is 0.0181. The normalized spacial score (nSPS) is 16.0. The van der Waals surface area contributed by atoms with Crippen molar-refractivity contribution in [3.8, 4) is 11.5 Å². The van der Waals surface area contributed by atoms with Crippen LogP contribution in [0, 0.1) is 5.82 Å². The Hall–Kier alpha value is -2.06. The number of carbonyl (C=O) groups is 1. The van der Waals surface area contributed by atoms with Gasteiger partial charge in [-0.1, -0.05) is 23.2 Å². The molecule has 0 spiro atoms. The summed E-state index contributed by atoms with van der Waals surface area (Å²) in [7, 11) is 0. The van der Waals surface area contributed by atoms with Crippen molar-refractivity contribution in [1.82, 2.24) is 4.90 Å². The quantitative estimate of drug-likeness (QED) is 0.599. The second-order valence-corrected chi connectivity index (χ2v) is 8.29. The Morgan fingerprint density at radius 1 is 1.23 bits per heavy atom. The first-order valence-corrected chi connectivity index (χ1v) is 10.8. The summed E-state index contributed by atoms with van der Waals surface area (Å²) in [5.41, 5.74) is 0.362. The van der Waals surface area contributed by atoms with E-state index in [1.807, 2.05) is 0 Å². The number of anilines is 1. The van der Waals surface area contributed by atoms with Gasteiger partial charge in [-0.05, 0) is 37.1 Å². The molecule has 1 fully saturated rings. The van der Waals surface area contributed by atoms with E-state index >= 15 is 0 Å². The summed E-state index contributed by atoms with van der Waals surface area (Å²) in [6, 6.07) is 9.06. The molecule has 0 saturated carbocycles. The van der Waals surface area contributed by atoms with Gasteiger partial charge in [0.15, 0.2) is 0 Å². The molecule has 0 aromatic heterocycles. The van der Waals surface area contributed by atoms with Crippen LogP contribution in [0.25, 0.3) is 0 Å². The molecule has 1 unspecified atom stereocenters. The molecule has 3 rings (SSSR count). The van der Waals surface area contributed by atoms with Crippen molar-refractivity contribution < 1.29 is 23.8 Å². The topological polar surface area (TPSA) is 71.0 Å². The molecule has 1 heterocycles. The fraction of sp³-hybridized carbons (Fsp3) is 0.409. The molecule has 1 aliphatic rings. The average molecular weight is 471 g/mol. The summed E-state index contributed by atoms with van der Waals surface area (Å²) in [5, 5.41) is 13.9. The van der Waals surface area contributed by atoms with Gasteiger partial charge in [-0.25, -0.2) is 4.39 Å². The number of carbonyl (C=O) groups excluding carboxylic acids is 1. The van der Waals surface area contributed by atoms with Gasteiger partial charge in [0.1, 0.15) is 36.1 Å². The van der Waals surface area contributed by atoms with Crippen molar-refractivity contribution in [3.05, 3.63) is 52.3 Å². The molecule has 1 saturated heterocycles. The number of rotatable bonds is 8. The number of hydrogen-bond acceptors (Lipinski definition) is 5. The number of halogens is 3. The lowest BCUT2D eigenvalue weighted by molar-refractivity contribution is -0.114. The lowest BCUT2D eigenvalue weighted by Crippen LogP contribution is -2.43. The van der Waals surface area contributed by atoms with E-state index in [2.05, 4.69) is 10.2 Å². The number of nitrogens with one attached hydrogen (secondary N) is 1. The third-order valence-corrected chi connectivity index (χ3v) is 5.62. The van der Waals surface area contributed by atoms with Gasteiger partial charge >= 0.3 is 0 Å². The van der Waals surface area contributed by atoms with E-state index in [0.717, 1.165) is 25.9 Å². The number of likely N-dealkylation sites (tertiary alicyclic amines) is 1. The number of amides is 1. The maximum Gasteiger partial charge on any atom is 0.221 e. The van der Waals surface area contributed by atoms with Gasteiger partial charge in [0.25, 0.3) is 0 Å². The van der Waals surface area contributed by atoms with Gasteiger partial charge in [-0.15, -0.1) is 0 Å². The highest BCUT2D eigenvalue weighted by Crippen LogP contribution is 2.28. The molecule has 168 valence electrons. The van der Waals surface area contributed by atoms with E-state index in [0.29, 0.717) is 28.0 Å². The number of nitrogens with zero attached hydrogens (tertiary/aromatic N) is 1. The van der Waals surface area contributed by atoms with Crippen LogP contribution in [0.2, 0.25) is 10.0 Å². The van der Waals surface area contributed by atoms with Crippen LogP contribution < -0.4 is 14.8 Å². The third kappa shape index (κ3) is 7.25. The predicted octanol–water partition coefficient (Wildman–Crippen LogP) is 4.37. The molecular formula is C22H25Cl2FN2O4. The van der Waals surface area contributed by atoms with Crippen LogP contribution in [0.1, 0.15) is 19.8 Å². The minimum atomic E-state index is -0.763. The third-order valence-electron chi connectivity index (χ3n) is 4.88. The summed E-state index contributed by atoms with van der Waals surface area (Å²) in [6.07, 6.45) is 0.921. The molecule has 2 N–H and O–H groups in total. The number of β-amino-alcohol motifs (C(OH)–C–C–N with tert-alkyl or cyclic N) is 1. The van der Waals surface area contributed by atoms with Gasteiger partial charge in [0, 0.05) is 38.7 Å². The Kier molecular flexibility index (Phi) is 8.37. The number of aliphatic hydroxyl groups excluding tert-OH is 1. The van der Waals surface area contributed by atoms with Crippen LogP contribution in [0.3, 0.4) is 0 Å². The molecule has 0 bridgehead atoms. The van der Waals surface area contributed by atoms with Gasteiger partial charge in [-0.2, -0.15) is 0 Å². The predicted molar refractivity (Wildman–Crippen MR) is 119 cm³/mol. The number of piperidine rings is 1. The molecule has 1 aliphatic heterocycles. The summed E-state index contributed by atoms with van der Waals surface area (Å²) >= 11 is 12.0. The van der Waals surface area contributed by atoms with Crippen LogP contribution in [0.5, 0.6) is 11.5 Å². The van der Waals surface area contributed by atoms with E-state index in [1.54, 1.807) is 18.2 Å². The Morgan fingerprint density at radius 2 is 1.97 bits per heavy atom. The van der Waals surface area contributed by atoms with E-state index < -0.39 is 11.9 Å². The van der Waals surface area contributed by atoms with E-state index in [9.17, 15) is 14.3 Å². The molecule has 1 atom stereocenters. The standard InChI is InChI=1S/C22H25Cl2FN2O4/c1-14(28)26-21-5-2-15(25)10-22(21)30-13-16(29)12-27-8-6-17(7-9-27)31-18-3-4-19(23)20(24)11-18/h2-5,10-11,16-17,29H,6-9,12-13H2,1H3,(H,26,28). The smallest absolute Gasteiger partial charge is 0.221 e. The number of aliphatic hydroxyl groups is 1. The van der Waals surface area contributed by atoms with Gasteiger partial charge in [-0.3, -0.25) is 4.79 Å². The van der Waals surface area contributed by atoms with Gasteiger partial charge in [0.2, 0.25) is 5.91 Å². The SMILES string of the molecule is CC(=O)Nc1ccc(F)cc1OCC(O)CN1CCC(Oc2ccc(Cl)c(Cl)c2)CC1. The zero-order valence-corrected chi connectivity index (χ0v) is 18.6. The largest absolute Gasteiger partial charge is 0.490 e. The molecular weight excluding hydrogens is 446 g/mol. The zero-order chi connectivity index (χ0) is 22.4. The zero-order valence-electron chi connectivity index (χ0n) is 17.1. The van der Waals surface area contributed by atoms with Crippen molar-refractivity contribution in [2.75, 3.05) is 31.6 Å². The highest BCUT2D eigenvalue weighted by molar-refractivity contribution is 6.42. The van der Waals surface area contributed by atoms with Crippen LogP contribution in [0.15, 0.2) is 36.4 Å². The minimum Gasteiger partial charge on any atom is -0.490 e. The summed E-state index contributed by atoms with van der Waals surface area (Å²) in [6.45, 7) is 3.29. The molecule has 9 heteroatoms. The van der Waals surface area contributed by atoms with Crippen molar-refractivity contribution in [1.29, 1.82) is 0 Å². The number of benzene rings is 2. The van der Waals surface area contributed by atoms with Crippen molar-refractivity contribution in [2.45, 2.75) is 32.0 Å². The first-order chi connectivity index (χ1) is 14.8. The summed E-state index contributed by atoms with van der Waals surface area (Å²) < 4.78 is 25.1. The second kappa shape index (κ2) is 11.0.